The summed E-state index contributed by atoms with van der Waals surface area (Å²) in [6.45, 7) is 2.33. The first-order chi connectivity index (χ1) is 10.2. The maximum Gasteiger partial charge on any atom is 0.176 e. The molecule has 106 valence electrons. The molecule has 4 heteroatoms. The molecule has 21 heavy (non-hydrogen) atoms. The van der Waals surface area contributed by atoms with E-state index in [9.17, 15) is 4.79 Å². The quantitative estimate of drug-likeness (QED) is 0.743. The lowest BCUT2D eigenvalue weighted by Crippen LogP contribution is -2.02. The minimum absolute atomic E-state index is 0.0687. The van der Waals surface area contributed by atoms with Crippen LogP contribution in [-0.4, -0.2) is 20.5 Å². The number of rotatable bonds is 4. The van der Waals surface area contributed by atoms with Gasteiger partial charge in [0.1, 0.15) is 0 Å². The summed E-state index contributed by atoms with van der Waals surface area (Å²) in [6.07, 6.45) is 2.40. The summed E-state index contributed by atoms with van der Waals surface area (Å²) in [6, 6.07) is 12.2. The first-order valence-corrected chi connectivity index (χ1v) is 7.36. The van der Waals surface area contributed by atoms with Crippen molar-refractivity contribution < 1.29 is 4.79 Å². The largest absolute Gasteiger partial charge is 0.349 e. The molecular weight excluding hydrogens is 262 g/mol. The summed E-state index contributed by atoms with van der Waals surface area (Å²) >= 11 is 0. The maximum atomic E-state index is 11.6. The van der Waals surface area contributed by atoms with Gasteiger partial charge in [-0.05, 0) is 24.5 Å². The Balaban J connectivity index is 1.82. The normalized spacial score (nSPS) is 14.7. The fraction of sp³-hybridized carbons (Fsp3) is 0.294. The van der Waals surface area contributed by atoms with Crippen LogP contribution in [0.25, 0.3) is 11.0 Å². The SMILES string of the molecule is CC(=O)c1cc2c([nH]1)c(C1CC1)nn2Cc1ccccc1. The Labute approximate surface area is 122 Å². The highest BCUT2D eigenvalue weighted by Gasteiger charge is 2.30. The lowest BCUT2D eigenvalue weighted by molar-refractivity contribution is 0.101. The fourth-order valence-electron chi connectivity index (χ4n) is 2.79. The fourth-order valence-corrected chi connectivity index (χ4v) is 2.79. The molecule has 1 aliphatic carbocycles. The van der Waals surface area contributed by atoms with Crippen molar-refractivity contribution in [3.63, 3.8) is 0 Å². The van der Waals surface area contributed by atoms with Crippen LogP contribution in [0.3, 0.4) is 0 Å². The number of aromatic nitrogens is 3. The van der Waals surface area contributed by atoms with Gasteiger partial charge in [0.25, 0.3) is 0 Å². The Kier molecular flexibility index (Phi) is 2.70. The van der Waals surface area contributed by atoms with Crippen LogP contribution < -0.4 is 0 Å². The molecule has 0 spiro atoms. The number of Topliss-reactive ketones (excluding diaryl/α,β-unsaturated/α-hetero) is 1. The molecule has 1 aliphatic rings. The molecule has 0 saturated heterocycles. The topological polar surface area (TPSA) is 50.7 Å². The van der Waals surface area contributed by atoms with Crippen molar-refractivity contribution in [2.75, 3.05) is 0 Å². The Morgan fingerprint density at radius 1 is 1.33 bits per heavy atom. The van der Waals surface area contributed by atoms with Crippen molar-refractivity contribution in [1.82, 2.24) is 14.8 Å². The average molecular weight is 279 g/mol. The number of carbonyl (C=O) groups is 1. The van der Waals surface area contributed by atoms with E-state index in [2.05, 4.69) is 17.1 Å². The predicted octanol–water partition coefficient (Wildman–Crippen LogP) is 3.49. The number of ketones is 1. The van der Waals surface area contributed by atoms with Crippen molar-refractivity contribution in [2.24, 2.45) is 0 Å². The third-order valence-electron chi connectivity index (χ3n) is 4.08. The summed E-state index contributed by atoms with van der Waals surface area (Å²) in [4.78, 5) is 14.9. The standard InChI is InChI=1S/C17H17N3O/c1-11(21)14-9-15-17(18-14)16(13-7-8-13)19-20(15)10-12-5-3-2-4-6-12/h2-6,9,13,18H,7-8,10H2,1H3. The second-order valence-electron chi connectivity index (χ2n) is 5.80. The number of fused-ring (bicyclic) bond motifs is 1. The molecule has 0 aliphatic heterocycles. The zero-order valence-electron chi connectivity index (χ0n) is 12.0. The van der Waals surface area contributed by atoms with Gasteiger partial charge in [-0.3, -0.25) is 9.48 Å². The molecule has 0 radical (unpaired) electrons. The average Bonchev–Trinajstić information content (AvgIpc) is 3.12. The molecule has 2 aromatic heterocycles. The molecule has 1 N–H and O–H groups in total. The van der Waals surface area contributed by atoms with Gasteiger partial charge in [-0.1, -0.05) is 30.3 Å². The van der Waals surface area contributed by atoms with Crippen LogP contribution in [0, 0.1) is 0 Å². The zero-order chi connectivity index (χ0) is 14.4. The van der Waals surface area contributed by atoms with Crippen LogP contribution in [0.15, 0.2) is 36.4 Å². The number of nitrogens with zero attached hydrogens (tertiary/aromatic N) is 2. The van der Waals surface area contributed by atoms with E-state index >= 15 is 0 Å². The van der Waals surface area contributed by atoms with Crippen LogP contribution in [0.1, 0.15) is 47.4 Å². The van der Waals surface area contributed by atoms with Crippen molar-refractivity contribution in [3.05, 3.63) is 53.3 Å². The molecule has 4 rings (SSSR count). The Bertz CT molecular complexity index is 809. The minimum Gasteiger partial charge on any atom is -0.349 e. The molecular formula is C17H17N3O. The van der Waals surface area contributed by atoms with E-state index in [1.54, 1.807) is 6.92 Å². The number of hydrogen-bond acceptors (Lipinski definition) is 2. The molecule has 0 bridgehead atoms. The summed E-state index contributed by atoms with van der Waals surface area (Å²) in [5.74, 6) is 0.627. The zero-order valence-corrected chi connectivity index (χ0v) is 12.0. The third kappa shape index (κ3) is 2.17. The van der Waals surface area contributed by atoms with Crippen LogP contribution in [0.5, 0.6) is 0 Å². The number of benzene rings is 1. The van der Waals surface area contributed by atoms with Crippen LogP contribution in [-0.2, 0) is 6.54 Å². The van der Waals surface area contributed by atoms with Crippen molar-refractivity contribution in [1.29, 1.82) is 0 Å². The van der Waals surface area contributed by atoms with Gasteiger partial charge >= 0.3 is 0 Å². The Morgan fingerprint density at radius 3 is 2.76 bits per heavy atom. The van der Waals surface area contributed by atoms with E-state index in [4.69, 9.17) is 5.10 Å². The van der Waals surface area contributed by atoms with Crippen molar-refractivity contribution in [2.45, 2.75) is 32.2 Å². The molecule has 1 fully saturated rings. The van der Waals surface area contributed by atoms with Crippen molar-refractivity contribution in [3.8, 4) is 0 Å². The second kappa shape index (κ2) is 4.58. The van der Waals surface area contributed by atoms with Gasteiger partial charge in [-0.15, -0.1) is 0 Å². The third-order valence-corrected chi connectivity index (χ3v) is 4.08. The highest BCUT2D eigenvalue weighted by atomic mass is 16.1. The van der Waals surface area contributed by atoms with E-state index in [1.807, 2.05) is 28.9 Å². The Hall–Kier alpha value is -2.36. The highest BCUT2D eigenvalue weighted by Crippen LogP contribution is 2.42. The molecule has 0 unspecified atom stereocenters. The van der Waals surface area contributed by atoms with Gasteiger partial charge in [0.2, 0.25) is 0 Å². The highest BCUT2D eigenvalue weighted by molar-refractivity contribution is 5.97. The number of aromatic amines is 1. The second-order valence-corrected chi connectivity index (χ2v) is 5.80. The van der Waals surface area contributed by atoms with E-state index in [1.165, 1.54) is 18.4 Å². The molecule has 2 heterocycles. The summed E-state index contributed by atoms with van der Waals surface area (Å²) in [5.41, 5.74) is 5.08. The molecule has 4 nitrogen and oxygen atoms in total. The van der Waals surface area contributed by atoms with Gasteiger partial charge in [0, 0.05) is 12.8 Å². The van der Waals surface area contributed by atoms with Gasteiger partial charge in [-0.2, -0.15) is 5.10 Å². The molecule has 1 saturated carbocycles. The summed E-state index contributed by atoms with van der Waals surface area (Å²) in [5, 5.41) is 4.78. The van der Waals surface area contributed by atoms with Gasteiger partial charge in [0.05, 0.1) is 29.0 Å². The minimum atomic E-state index is 0.0687. The van der Waals surface area contributed by atoms with Gasteiger partial charge in [0.15, 0.2) is 5.78 Å². The smallest absolute Gasteiger partial charge is 0.176 e. The maximum absolute atomic E-state index is 11.6. The van der Waals surface area contributed by atoms with E-state index in [-0.39, 0.29) is 5.78 Å². The monoisotopic (exact) mass is 279 g/mol. The number of H-pyrrole nitrogens is 1. The van der Waals surface area contributed by atoms with Gasteiger partial charge < -0.3 is 4.98 Å². The van der Waals surface area contributed by atoms with E-state index < -0.39 is 0 Å². The number of hydrogen-bond donors (Lipinski definition) is 1. The summed E-state index contributed by atoms with van der Waals surface area (Å²) < 4.78 is 2.02. The molecule has 0 atom stereocenters. The Morgan fingerprint density at radius 2 is 2.10 bits per heavy atom. The van der Waals surface area contributed by atoms with Crippen LogP contribution in [0.2, 0.25) is 0 Å². The van der Waals surface area contributed by atoms with Gasteiger partial charge in [-0.25, -0.2) is 0 Å². The van der Waals surface area contributed by atoms with Crippen LogP contribution >= 0.6 is 0 Å². The lowest BCUT2D eigenvalue weighted by atomic mass is 10.2. The molecule has 1 aromatic carbocycles. The molecule has 3 aromatic rings. The van der Waals surface area contributed by atoms with Crippen LogP contribution in [0.4, 0.5) is 0 Å². The molecule has 0 amide bonds. The lowest BCUT2D eigenvalue weighted by Gasteiger charge is -2.02. The van der Waals surface area contributed by atoms with Crippen molar-refractivity contribution >= 4 is 16.8 Å². The van der Waals surface area contributed by atoms with E-state index in [0.717, 1.165) is 23.3 Å². The first kappa shape index (κ1) is 12.4. The number of nitrogens with one attached hydrogen (secondary N) is 1. The predicted molar refractivity (Wildman–Crippen MR) is 81.6 cm³/mol. The summed E-state index contributed by atoms with van der Waals surface area (Å²) in [7, 11) is 0. The van der Waals surface area contributed by atoms with E-state index in [0.29, 0.717) is 11.6 Å². The first-order valence-electron chi connectivity index (χ1n) is 7.36. The number of carbonyl (C=O) groups excluding carboxylic acids is 1.